The molecule has 8 heteroatoms. The van der Waals surface area contributed by atoms with Crippen molar-refractivity contribution < 1.29 is 14.3 Å². The van der Waals surface area contributed by atoms with Crippen molar-refractivity contribution in [2.75, 3.05) is 19.5 Å². The Morgan fingerprint density at radius 1 is 1.10 bits per heavy atom. The number of methoxy groups -OCH3 is 2. The molecule has 0 radical (unpaired) electrons. The summed E-state index contributed by atoms with van der Waals surface area (Å²) < 4.78 is 12.6. The van der Waals surface area contributed by atoms with Gasteiger partial charge in [-0.2, -0.15) is 0 Å². The van der Waals surface area contributed by atoms with Crippen LogP contribution >= 0.6 is 23.7 Å². The Balaban J connectivity index is 0.00000272. The quantitative estimate of drug-likeness (QED) is 0.426. The van der Waals surface area contributed by atoms with E-state index in [1.165, 1.54) is 22.5 Å². The lowest BCUT2D eigenvalue weighted by Gasteiger charge is -2.11. The van der Waals surface area contributed by atoms with Crippen LogP contribution in [0, 0.1) is 13.8 Å². The summed E-state index contributed by atoms with van der Waals surface area (Å²) in [6.45, 7) is 4.19. The zero-order chi connectivity index (χ0) is 21.3. The molecule has 0 aliphatic rings. The molecular weight excluding hydrogens is 434 g/mol. The highest BCUT2D eigenvalue weighted by Crippen LogP contribution is 2.29. The van der Waals surface area contributed by atoms with Crippen molar-refractivity contribution in [2.45, 2.75) is 20.3 Å². The molecule has 0 fully saturated rings. The number of ether oxygens (including phenoxy) is 2. The number of aromatic nitrogens is 2. The molecule has 4 aromatic rings. The molecule has 4 rings (SSSR count). The Morgan fingerprint density at radius 3 is 2.61 bits per heavy atom. The Kier molecular flexibility index (Phi) is 6.87. The molecule has 6 nitrogen and oxygen atoms in total. The molecule has 2 aromatic heterocycles. The molecule has 1 amide bonds. The van der Waals surface area contributed by atoms with Crippen molar-refractivity contribution in [2.24, 2.45) is 0 Å². The number of fused-ring (bicyclic) bond motifs is 1. The topological polar surface area (TPSA) is 64.9 Å². The van der Waals surface area contributed by atoms with Gasteiger partial charge in [0.2, 0.25) is 5.91 Å². The number of nitrogens with zero attached hydrogens (tertiary/aromatic N) is 2. The fourth-order valence-electron chi connectivity index (χ4n) is 3.27. The van der Waals surface area contributed by atoms with Gasteiger partial charge in [-0.15, -0.1) is 23.7 Å². The Morgan fingerprint density at radius 2 is 1.90 bits per heavy atom. The third-order valence-corrected chi connectivity index (χ3v) is 6.00. The first kappa shape index (κ1) is 22.7. The first-order chi connectivity index (χ1) is 14.5. The van der Waals surface area contributed by atoms with Crippen molar-refractivity contribution >= 4 is 40.3 Å². The van der Waals surface area contributed by atoms with E-state index in [1.54, 1.807) is 32.4 Å². The number of aryl methyl sites for hydroxylation is 2. The number of nitrogens with one attached hydrogen (secondary N) is 1. The number of imidazole rings is 1. The van der Waals surface area contributed by atoms with Gasteiger partial charge in [0.25, 0.3) is 0 Å². The van der Waals surface area contributed by atoms with E-state index < -0.39 is 0 Å². The van der Waals surface area contributed by atoms with E-state index in [1.807, 2.05) is 16.0 Å². The zero-order valence-electron chi connectivity index (χ0n) is 17.8. The Bertz CT molecular complexity index is 1230. The first-order valence-corrected chi connectivity index (χ1v) is 10.4. The minimum absolute atomic E-state index is 0. The van der Waals surface area contributed by atoms with Crippen LogP contribution in [0.5, 0.6) is 11.5 Å². The summed E-state index contributed by atoms with van der Waals surface area (Å²) in [6, 6.07) is 11.6. The molecule has 0 aliphatic heterocycles. The van der Waals surface area contributed by atoms with Gasteiger partial charge >= 0.3 is 0 Å². The van der Waals surface area contributed by atoms with Gasteiger partial charge in [-0.3, -0.25) is 9.20 Å². The molecule has 0 atom stereocenters. The summed E-state index contributed by atoms with van der Waals surface area (Å²) in [5, 5.41) is 4.89. The highest BCUT2D eigenvalue weighted by molar-refractivity contribution is 7.15. The van der Waals surface area contributed by atoms with Crippen LogP contribution in [0.2, 0.25) is 0 Å². The molecule has 0 saturated heterocycles. The van der Waals surface area contributed by atoms with Crippen LogP contribution in [-0.4, -0.2) is 29.5 Å². The zero-order valence-corrected chi connectivity index (χ0v) is 19.4. The minimum Gasteiger partial charge on any atom is -0.497 e. The van der Waals surface area contributed by atoms with Crippen molar-refractivity contribution in [3.63, 3.8) is 0 Å². The smallest absolute Gasteiger partial charge is 0.230 e. The molecule has 2 heterocycles. The van der Waals surface area contributed by atoms with Crippen molar-refractivity contribution in [3.05, 3.63) is 64.8 Å². The van der Waals surface area contributed by atoms with Crippen LogP contribution in [0.15, 0.2) is 48.0 Å². The molecule has 0 unspecified atom stereocenters. The average Bonchev–Trinajstić information content (AvgIpc) is 3.32. The van der Waals surface area contributed by atoms with E-state index in [0.717, 1.165) is 21.9 Å². The highest BCUT2D eigenvalue weighted by Gasteiger charge is 2.15. The van der Waals surface area contributed by atoms with E-state index in [9.17, 15) is 4.79 Å². The fourth-order valence-corrected chi connectivity index (χ4v) is 4.14. The predicted octanol–water partition coefficient (Wildman–Crippen LogP) is 5.30. The molecule has 162 valence electrons. The molecule has 0 spiro atoms. The number of carbonyl (C=O) groups is 1. The van der Waals surface area contributed by atoms with Gasteiger partial charge in [0.05, 0.1) is 32.0 Å². The van der Waals surface area contributed by atoms with Gasteiger partial charge in [0.1, 0.15) is 11.5 Å². The van der Waals surface area contributed by atoms with Crippen LogP contribution in [-0.2, 0) is 11.2 Å². The lowest BCUT2D eigenvalue weighted by molar-refractivity contribution is -0.115. The molecule has 31 heavy (non-hydrogen) atoms. The first-order valence-electron chi connectivity index (χ1n) is 9.53. The third kappa shape index (κ3) is 4.68. The van der Waals surface area contributed by atoms with Crippen LogP contribution in [0.4, 0.5) is 5.69 Å². The molecule has 2 aromatic carbocycles. The fraction of sp³-hybridized carbons (Fsp3) is 0.217. The number of rotatable bonds is 6. The van der Waals surface area contributed by atoms with E-state index in [2.05, 4.69) is 37.4 Å². The summed E-state index contributed by atoms with van der Waals surface area (Å²) in [6.07, 6.45) is 2.22. The number of hydrogen-bond donors (Lipinski definition) is 1. The maximum Gasteiger partial charge on any atom is 0.230 e. The van der Waals surface area contributed by atoms with Crippen LogP contribution in [0.3, 0.4) is 0 Å². The molecular formula is C23H24ClN3O3S. The number of benzene rings is 2. The van der Waals surface area contributed by atoms with Gasteiger partial charge in [-0.25, -0.2) is 4.98 Å². The van der Waals surface area contributed by atoms with Gasteiger partial charge in [0, 0.05) is 28.9 Å². The SMILES string of the molecule is COc1ccc(OC)c(NC(=O)Cc2csc3nc(-c4ccc(C)c(C)c4)cn23)c1.Cl. The second-order valence-corrected chi connectivity index (χ2v) is 7.93. The number of amides is 1. The van der Waals surface area contributed by atoms with E-state index in [0.29, 0.717) is 17.2 Å². The largest absolute Gasteiger partial charge is 0.497 e. The lowest BCUT2D eigenvalue weighted by atomic mass is 10.0. The van der Waals surface area contributed by atoms with E-state index in [4.69, 9.17) is 14.5 Å². The maximum absolute atomic E-state index is 12.7. The Labute approximate surface area is 191 Å². The summed E-state index contributed by atoms with van der Waals surface area (Å²) in [4.78, 5) is 18.3. The number of carbonyl (C=O) groups excluding carboxylic acids is 1. The third-order valence-electron chi connectivity index (χ3n) is 5.11. The number of halogens is 1. The van der Waals surface area contributed by atoms with E-state index >= 15 is 0 Å². The number of hydrogen-bond acceptors (Lipinski definition) is 5. The summed E-state index contributed by atoms with van der Waals surface area (Å²) in [5.74, 6) is 1.10. The predicted molar refractivity (Wildman–Crippen MR) is 127 cm³/mol. The number of anilines is 1. The standard InChI is InChI=1S/C23H23N3O3S.ClH/c1-14-5-6-16(9-15(14)2)20-12-26-17(13-30-23(26)25-20)10-22(27)24-19-11-18(28-3)7-8-21(19)29-4;/h5-9,11-13H,10H2,1-4H3,(H,24,27);1H. The molecule has 0 saturated carbocycles. The lowest BCUT2D eigenvalue weighted by Crippen LogP contribution is -2.16. The van der Waals surface area contributed by atoms with Gasteiger partial charge in [0.15, 0.2) is 4.96 Å². The van der Waals surface area contributed by atoms with Gasteiger partial charge in [-0.1, -0.05) is 12.1 Å². The van der Waals surface area contributed by atoms with Crippen LogP contribution in [0.1, 0.15) is 16.8 Å². The molecule has 1 N–H and O–H groups in total. The van der Waals surface area contributed by atoms with Gasteiger partial charge in [-0.05, 0) is 43.2 Å². The van der Waals surface area contributed by atoms with Crippen molar-refractivity contribution in [3.8, 4) is 22.8 Å². The van der Waals surface area contributed by atoms with Crippen molar-refractivity contribution in [1.82, 2.24) is 9.38 Å². The average molecular weight is 458 g/mol. The molecule has 0 bridgehead atoms. The highest BCUT2D eigenvalue weighted by atomic mass is 35.5. The van der Waals surface area contributed by atoms with Gasteiger partial charge < -0.3 is 14.8 Å². The van der Waals surface area contributed by atoms with E-state index in [-0.39, 0.29) is 24.7 Å². The second-order valence-electron chi connectivity index (χ2n) is 7.10. The normalized spacial score (nSPS) is 10.6. The summed E-state index contributed by atoms with van der Waals surface area (Å²) in [7, 11) is 3.15. The second kappa shape index (κ2) is 9.41. The van der Waals surface area contributed by atoms with Crippen LogP contribution < -0.4 is 14.8 Å². The monoisotopic (exact) mass is 457 g/mol. The van der Waals surface area contributed by atoms with Crippen molar-refractivity contribution in [1.29, 1.82) is 0 Å². The summed E-state index contributed by atoms with van der Waals surface area (Å²) in [5.41, 5.74) is 5.93. The Hall–Kier alpha value is -3.03. The molecule has 0 aliphatic carbocycles. The number of thiazole rings is 1. The minimum atomic E-state index is -0.136. The maximum atomic E-state index is 12.7. The van der Waals surface area contributed by atoms with Crippen LogP contribution in [0.25, 0.3) is 16.2 Å². The summed E-state index contributed by atoms with van der Waals surface area (Å²) >= 11 is 1.53.